The smallest absolute Gasteiger partial charge is 0.293 e. The van der Waals surface area contributed by atoms with Crippen molar-refractivity contribution in [2.75, 3.05) is 23.8 Å². The second kappa shape index (κ2) is 7.96. The van der Waals surface area contributed by atoms with Crippen LogP contribution in [0.5, 0.6) is 0 Å². The van der Waals surface area contributed by atoms with Gasteiger partial charge in [0.15, 0.2) is 11.6 Å². The van der Waals surface area contributed by atoms with Crippen molar-refractivity contribution in [2.45, 2.75) is 6.92 Å². The number of carbonyl (C=O) groups excluding carboxylic acids is 2. The van der Waals surface area contributed by atoms with Gasteiger partial charge in [0, 0.05) is 23.7 Å². The predicted octanol–water partition coefficient (Wildman–Crippen LogP) is 3.94. The minimum Gasteiger partial charge on any atom is -0.449 e. The zero-order valence-corrected chi connectivity index (χ0v) is 14.3. The summed E-state index contributed by atoms with van der Waals surface area (Å²) in [4.78, 5) is 24.6. The fourth-order valence-electron chi connectivity index (χ4n) is 2.46. The lowest BCUT2D eigenvalue weighted by Crippen LogP contribution is -2.20. The Morgan fingerprint density at radius 2 is 1.85 bits per heavy atom. The van der Waals surface area contributed by atoms with E-state index in [2.05, 4.69) is 10.6 Å². The Balaban J connectivity index is 1.92. The van der Waals surface area contributed by atoms with E-state index in [1.807, 2.05) is 0 Å². The van der Waals surface area contributed by atoms with Crippen molar-refractivity contribution in [1.29, 1.82) is 0 Å². The van der Waals surface area contributed by atoms with Crippen LogP contribution in [0.1, 0.15) is 17.5 Å². The fourth-order valence-corrected chi connectivity index (χ4v) is 2.46. The number of amides is 2. The van der Waals surface area contributed by atoms with Crippen molar-refractivity contribution >= 4 is 34.2 Å². The molecule has 0 fully saturated rings. The normalized spacial score (nSPS) is 10.8. The highest BCUT2D eigenvalue weighted by Gasteiger charge is 2.22. The molecule has 6 nitrogen and oxygen atoms in total. The van der Waals surface area contributed by atoms with Crippen LogP contribution < -0.4 is 10.6 Å². The lowest BCUT2D eigenvalue weighted by Gasteiger charge is -2.07. The Morgan fingerprint density at radius 1 is 1.07 bits per heavy atom. The summed E-state index contributed by atoms with van der Waals surface area (Å²) in [5.41, 5.74) is 0.612. The Morgan fingerprint density at radius 3 is 2.59 bits per heavy atom. The maximum atomic E-state index is 13.3. The van der Waals surface area contributed by atoms with Gasteiger partial charge in [-0.15, -0.1) is 0 Å². The minimum absolute atomic E-state index is 0.0472. The monoisotopic (exact) mass is 374 g/mol. The van der Waals surface area contributed by atoms with Crippen molar-refractivity contribution in [3.63, 3.8) is 0 Å². The van der Waals surface area contributed by atoms with Gasteiger partial charge in [0.25, 0.3) is 5.91 Å². The molecule has 0 atom stereocenters. The first-order valence-electron chi connectivity index (χ1n) is 8.15. The first-order valence-corrected chi connectivity index (χ1v) is 8.15. The third-order valence-corrected chi connectivity index (χ3v) is 3.68. The SMILES string of the molecule is CCOCC(=O)Nc1c(C(=O)Nc2ccc(F)c(F)c2)oc2ccccc12. The Kier molecular flexibility index (Phi) is 5.46. The van der Waals surface area contributed by atoms with E-state index >= 15 is 0 Å². The summed E-state index contributed by atoms with van der Waals surface area (Å²) >= 11 is 0. The summed E-state index contributed by atoms with van der Waals surface area (Å²) in [6.07, 6.45) is 0. The highest BCUT2D eigenvalue weighted by molar-refractivity contribution is 6.14. The van der Waals surface area contributed by atoms with Crippen LogP contribution in [-0.2, 0) is 9.53 Å². The fraction of sp³-hybridized carbons (Fsp3) is 0.158. The maximum absolute atomic E-state index is 13.3. The molecule has 3 rings (SSSR count). The minimum atomic E-state index is -1.09. The van der Waals surface area contributed by atoms with Crippen LogP contribution in [0.15, 0.2) is 46.9 Å². The first kappa shape index (κ1) is 18.5. The van der Waals surface area contributed by atoms with Crippen LogP contribution in [-0.4, -0.2) is 25.0 Å². The average Bonchev–Trinajstić information content (AvgIpc) is 3.02. The number of nitrogens with one attached hydrogen (secondary N) is 2. The van der Waals surface area contributed by atoms with Gasteiger partial charge < -0.3 is 19.8 Å². The number of anilines is 2. The zero-order chi connectivity index (χ0) is 19.4. The van der Waals surface area contributed by atoms with Crippen LogP contribution in [0, 0.1) is 11.6 Å². The summed E-state index contributed by atoms with van der Waals surface area (Å²) in [6.45, 7) is 1.94. The Bertz CT molecular complexity index is 1000. The average molecular weight is 374 g/mol. The van der Waals surface area contributed by atoms with E-state index in [1.165, 1.54) is 6.07 Å². The van der Waals surface area contributed by atoms with Crippen molar-refractivity contribution in [3.05, 3.63) is 59.9 Å². The molecule has 0 aliphatic heterocycles. The quantitative estimate of drug-likeness (QED) is 0.685. The van der Waals surface area contributed by atoms with E-state index in [0.29, 0.717) is 17.6 Å². The molecule has 3 aromatic rings. The number of para-hydroxylation sites is 1. The number of fused-ring (bicyclic) bond motifs is 1. The van der Waals surface area contributed by atoms with Crippen molar-refractivity contribution in [1.82, 2.24) is 0 Å². The van der Waals surface area contributed by atoms with E-state index in [9.17, 15) is 18.4 Å². The number of hydrogen-bond donors (Lipinski definition) is 2. The molecule has 0 saturated carbocycles. The van der Waals surface area contributed by atoms with E-state index in [0.717, 1.165) is 12.1 Å². The Labute approximate surface area is 153 Å². The number of halogens is 2. The summed E-state index contributed by atoms with van der Waals surface area (Å²) in [7, 11) is 0. The molecule has 2 N–H and O–H groups in total. The number of carbonyl (C=O) groups is 2. The van der Waals surface area contributed by atoms with Gasteiger partial charge in [0.05, 0.1) is 0 Å². The lowest BCUT2D eigenvalue weighted by molar-refractivity contribution is -0.120. The van der Waals surface area contributed by atoms with Crippen LogP contribution in [0.2, 0.25) is 0 Å². The molecular formula is C19H16F2N2O4. The van der Waals surface area contributed by atoms with E-state index < -0.39 is 23.4 Å². The van der Waals surface area contributed by atoms with Gasteiger partial charge in [-0.1, -0.05) is 12.1 Å². The molecule has 140 valence electrons. The lowest BCUT2D eigenvalue weighted by atomic mass is 10.2. The van der Waals surface area contributed by atoms with E-state index in [1.54, 1.807) is 31.2 Å². The predicted molar refractivity (Wildman–Crippen MR) is 95.6 cm³/mol. The molecule has 0 spiro atoms. The molecule has 0 aliphatic carbocycles. The number of ether oxygens (including phenoxy) is 1. The van der Waals surface area contributed by atoms with Crippen molar-refractivity contribution < 1.29 is 27.5 Å². The second-order valence-corrected chi connectivity index (χ2v) is 5.57. The molecular weight excluding hydrogens is 358 g/mol. The summed E-state index contributed by atoms with van der Waals surface area (Å²) < 4.78 is 37.0. The molecule has 0 bridgehead atoms. The number of furan rings is 1. The Hall–Kier alpha value is -3.26. The van der Waals surface area contributed by atoms with Gasteiger partial charge in [-0.2, -0.15) is 0 Å². The molecule has 8 heteroatoms. The second-order valence-electron chi connectivity index (χ2n) is 5.57. The largest absolute Gasteiger partial charge is 0.449 e. The van der Waals surface area contributed by atoms with Gasteiger partial charge >= 0.3 is 0 Å². The molecule has 2 aromatic carbocycles. The summed E-state index contributed by atoms with van der Waals surface area (Å²) in [5.74, 6) is -3.46. The van der Waals surface area contributed by atoms with Crippen LogP contribution in [0.25, 0.3) is 11.0 Å². The third kappa shape index (κ3) is 4.12. The molecule has 1 aromatic heterocycles. The number of rotatable bonds is 6. The number of hydrogen-bond acceptors (Lipinski definition) is 4. The summed E-state index contributed by atoms with van der Waals surface area (Å²) in [5, 5.41) is 5.55. The van der Waals surface area contributed by atoms with Gasteiger partial charge in [-0.25, -0.2) is 8.78 Å². The van der Waals surface area contributed by atoms with Crippen LogP contribution in [0.4, 0.5) is 20.2 Å². The van der Waals surface area contributed by atoms with Crippen LogP contribution >= 0.6 is 0 Å². The van der Waals surface area contributed by atoms with Crippen molar-refractivity contribution in [2.24, 2.45) is 0 Å². The molecule has 0 aliphatic rings. The maximum Gasteiger partial charge on any atom is 0.293 e. The van der Waals surface area contributed by atoms with Gasteiger partial charge in [0.1, 0.15) is 17.9 Å². The van der Waals surface area contributed by atoms with Gasteiger partial charge in [-0.05, 0) is 31.2 Å². The summed E-state index contributed by atoms with van der Waals surface area (Å²) in [6, 6.07) is 9.73. The third-order valence-electron chi connectivity index (χ3n) is 3.68. The molecule has 0 radical (unpaired) electrons. The van der Waals surface area contributed by atoms with Crippen LogP contribution in [0.3, 0.4) is 0 Å². The van der Waals surface area contributed by atoms with E-state index in [-0.39, 0.29) is 23.7 Å². The highest BCUT2D eigenvalue weighted by Crippen LogP contribution is 2.31. The van der Waals surface area contributed by atoms with E-state index in [4.69, 9.17) is 9.15 Å². The topological polar surface area (TPSA) is 80.6 Å². The van der Waals surface area contributed by atoms with Gasteiger partial charge in [0.2, 0.25) is 11.7 Å². The molecule has 0 saturated heterocycles. The van der Waals surface area contributed by atoms with Crippen molar-refractivity contribution in [3.8, 4) is 0 Å². The molecule has 27 heavy (non-hydrogen) atoms. The first-order chi connectivity index (χ1) is 13.0. The molecule has 1 heterocycles. The highest BCUT2D eigenvalue weighted by atomic mass is 19.2. The standard InChI is InChI=1S/C19H16F2N2O4/c1-2-26-10-16(24)23-17-12-5-3-4-6-15(12)27-18(17)19(25)22-11-7-8-13(20)14(21)9-11/h3-9H,2,10H2,1H3,(H,22,25)(H,23,24). The zero-order valence-electron chi connectivity index (χ0n) is 14.3. The number of benzene rings is 2. The molecule has 0 unspecified atom stereocenters. The van der Waals surface area contributed by atoms with Gasteiger partial charge in [-0.3, -0.25) is 9.59 Å². The molecule has 2 amide bonds.